The summed E-state index contributed by atoms with van der Waals surface area (Å²) in [6.45, 7) is 3.65. The van der Waals surface area contributed by atoms with Crippen molar-refractivity contribution in [3.63, 3.8) is 0 Å². The minimum absolute atomic E-state index is 0.0363. The Hall–Kier alpha value is -3.42. The number of likely N-dealkylation sites (tertiary alicyclic amines) is 1. The first-order valence-electron chi connectivity index (χ1n) is 10.3. The second-order valence-electron chi connectivity index (χ2n) is 7.32. The van der Waals surface area contributed by atoms with Crippen LogP contribution < -0.4 is 9.47 Å². The fourth-order valence-electron chi connectivity index (χ4n) is 3.55. The summed E-state index contributed by atoms with van der Waals surface area (Å²) in [4.78, 5) is 14.4. The van der Waals surface area contributed by atoms with Gasteiger partial charge in [-0.25, -0.2) is 4.39 Å². The number of carbonyl (C=O) groups is 1. The number of halogens is 1. The molecule has 0 aliphatic carbocycles. The number of rotatable bonds is 7. The molecular formula is C23H24FN3O4. The number of amides is 1. The second-order valence-corrected chi connectivity index (χ2v) is 7.32. The molecule has 3 aromatic rings. The highest BCUT2D eigenvalue weighted by atomic mass is 19.1. The van der Waals surface area contributed by atoms with Gasteiger partial charge in [0.1, 0.15) is 17.3 Å². The molecule has 4 rings (SSSR count). The zero-order chi connectivity index (χ0) is 21.6. The molecule has 1 aromatic heterocycles. The number of carbonyl (C=O) groups excluding carboxylic acids is 1. The zero-order valence-electron chi connectivity index (χ0n) is 17.3. The lowest BCUT2D eigenvalue weighted by atomic mass is 9.98. The molecule has 31 heavy (non-hydrogen) atoms. The predicted octanol–water partition coefficient (Wildman–Crippen LogP) is 4.06. The molecule has 7 nitrogen and oxygen atoms in total. The Kier molecular flexibility index (Phi) is 6.45. The molecule has 0 saturated carbocycles. The molecule has 1 aliphatic rings. The molecule has 1 amide bonds. The van der Waals surface area contributed by atoms with Crippen LogP contribution in [-0.2, 0) is 4.79 Å². The van der Waals surface area contributed by atoms with E-state index in [-0.39, 0.29) is 24.2 Å². The maximum absolute atomic E-state index is 13.1. The highest BCUT2D eigenvalue weighted by Crippen LogP contribution is 2.28. The first kappa shape index (κ1) is 20.8. The Labute approximate surface area is 179 Å². The Balaban J connectivity index is 1.33. The van der Waals surface area contributed by atoms with Gasteiger partial charge in [0.25, 0.3) is 5.91 Å². The normalized spacial score (nSPS) is 16.2. The average Bonchev–Trinajstić information content (AvgIpc) is 3.29. The summed E-state index contributed by atoms with van der Waals surface area (Å²) in [6, 6.07) is 13.1. The van der Waals surface area contributed by atoms with Crippen molar-refractivity contribution in [2.24, 2.45) is 0 Å². The summed E-state index contributed by atoms with van der Waals surface area (Å²) < 4.78 is 30.0. The number of piperidine rings is 1. The van der Waals surface area contributed by atoms with Gasteiger partial charge in [-0.2, -0.15) is 0 Å². The van der Waals surface area contributed by atoms with E-state index in [0.717, 1.165) is 18.6 Å². The van der Waals surface area contributed by atoms with Gasteiger partial charge in [-0.05, 0) is 68.3 Å². The quantitative estimate of drug-likeness (QED) is 0.568. The van der Waals surface area contributed by atoms with E-state index in [0.29, 0.717) is 42.8 Å². The van der Waals surface area contributed by atoms with Gasteiger partial charge in [0.2, 0.25) is 11.8 Å². The summed E-state index contributed by atoms with van der Waals surface area (Å²) in [7, 11) is 0. The molecule has 1 fully saturated rings. The van der Waals surface area contributed by atoms with Crippen molar-refractivity contribution in [1.29, 1.82) is 0 Å². The summed E-state index contributed by atoms with van der Waals surface area (Å²) in [5, 5.41) is 8.24. The fraction of sp³-hybridized carbons (Fsp3) is 0.348. The van der Waals surface area contributed by atoms with Crippen LogP contribution in [0.25, 0.3) is 11.5 Å². The Bertz CT molecular complexity index is 1000. The molecule has 0 N–H and O–H groups in total. The van der Waals surface area contributed by atoms with Gasteiger partial charge in [-0.1, -0.05) is 0 Å². The molecule has 8 heteroatoms. The van der Waals surface area contributed by atoms with E-state index in [1.54, 1.807) is 29.2 Å². The van der Waals surface area contributed by atoms with Crippen molar-refractivity contribution in [3.05, 3.63) is 60.2 Å². The number of nitrogens with zero attached hydrogens (tertiary/aromatic N) is 3. The number of benzene rings is 2. The lowest BCUT2D eigenvalue weighted by Crippen LogP contribution is -2.41. The summed E-state index contributed by atoms with van der Waals surface area (Å²) in [6.07, 6.45) is 1.70. The van der Waals surface area contributed by atoms with E-state index in [1.165, 1.54) is 12.1 Å². The van der Waals surface area contributed by atoms with Gasteiger partial charge in [0, 0.05) is 18.7 Å². The highest BCUT2D eigenvalue weighted by molar-refractivity contribution is 5.78. The summed E-state index contributed by atoms with van der Waals surface area (Å²) >= 11 is 0. The zero-order valence-corrected chi connectivity index (χ0v) is 17.3. The van der Waals surface area contributed by atoms with Crippen LogP contribution in [0.5, 0.6) is 11.5 Å². The second kappa shape index (κ2) is 9.59. The number of hydrogen-bond donors (Lipinski definition) is 0. The summed E-state index contributed by atoms with van der Waals surface area (Å²) in [5.74, 6) is 1.77. The predicted molar refractivity (Wildman–Crippen MR) is 111 cm³/mol. The molecule has 0 radical (unpaired) electrons. The van der Waals surface area contributed by atoms with Gasteiger partial charge in [-0.15, -0.1) is 10.2 Å². The van der Waals surface area contributed by atoms with Crippen LogP contribution in [-0.4, -0.2) is 47.3 Å². The molecule has 2 aromatic carbocycles. The Morgan fingerprint density at radius 2 is 1.81 bits per heavy atom. The van der Waals surface area contributed by atoms with Gasteiger partial charge in [0.15, 0.2) is 6.61 Å². The Morgan fingerprint density at radius 1 is 1.10 bits per heavy atom. The minimum Gasteiger partial charge on any atom is -0.494 e. The molecule has 1 aliphatic heterocycles. The highest BCUT2D eigenvalue weighted by Gasteiger charge is 2.28. The van der Waals surface area contributed by atoms with Crippen LogP contribution >= 0.6 is 0 Å². The molecule has 162 valence electrons. The standard InChI is InChI=1S/C23H24FN3O4/c1-2-29-19-9-11-20(12-10-19)30-15-21(28)27-13-3-4-17(14-27)23-26-25-22(31-23)16-5-7-18(24)8-6-16/h5-12,17H,2-4,13-15H2,1H3. The van der Waals surface area contributed by atoms with Gasteiger partial charge in [-0.3, -0.25) is 4.79 Å². The fourth-order valence-corrected chi connectivity index (χ4v) is 3.55. The largest absolute Gasteiger partial charge is 0.494 e. The van der Waals surface area contributed by atoms with Gasteiger partial charge >= 0.3 is 0 Å². The van der Waals surface area contributed by atoms with E-state index in [9.17, 15) is 9.18 Å². The SMILES string of the molecule is CCOc1ccc(OCC(=O)N2CCCC(c3nnc(-c4ccc(F)cc4)o3)C2)cc1. The van der Waals surface area contributed by atoms with Crippen molar-refractivity contribution in [2.45, 2.75) is 25.7 Å². The van der Waals surface area contributed by atoms with E-state index >= 15 is 0 Å². The van der Waals surface area contributed by atoms with Crippen molar-refractivity contribution < 1.29 is 23.1 Å². The molecule has 1 unspecified atom stereocenters. The molecule has 0 bridgehead atoms. The minimum atomic E-state index is -0.322. The molecule has 0 spiro atoms. The molecule has 1 saturated heterocycles. The monoisotopic (exact) mass is 425 g/mol. The van der Waals surface area contributed by atoms with E-state index in [2.05, 4.69) is 10.2 Å². The third kappa shape index (κ3) is 5.20. The Morgan fingerprint density at radius 3 is 2.52 bits per heavy atom. The third-order valence-electron chi connectivity index (χ3n) is 5.15. The smallest absolute Gasteiger partial charge is 0.260 e. The first-order valence-corrected chi connectivity index (χ1v) is 10.3. The van der Waals surface area contributed by atoms with E-state index < -0.39 is 0 Å². The van der Waals surface area contributed by atoms with Crippen LogP contribution in [0.15, 0.2) is 52.9 Å². The number of ether oxygens (including phenoxy) is 2. The number of hydrogen-bond acceptors (Lipinski definition) is 6. The van der Waals surface area contributed by atoms with Crippen LogP contribution in [0.1, 0.15) is 31.6 Å². The third-order valence-corrected chi connectivity index (χ3v) is 5.15. The molecule has 1 atom stereocenters. The summed E-state index contributed by atoms with van der Waals surface area (Å²) in [5.41, 5.74) is 0.660. The van der Waals surface area contributed by atoms with Gasteiger partial charge in [0.05, 0.1) is 12.5 Å². The van der Waals surface area contributed by atoms with E-state index in [4.69, 9.17) is 13.9 Å². The van der Waals surface area contributed by atoms with Crippen molar-refractivity contribution in [3.8, 4) is 23.0 Å². The lowest BCUT2D eigenvalue weighted by Gasteiger charge is -2.31. The van der Waals surface area contributed by atoms with Crippen molar-refractivity contribution >= 4 is 5.91 Å². The van der Waals surface area contributed by atoms with Crippen molar-refractivity contribution in [2.75, 3.05) is 26.3 Å². The van der Waals surface area contributed by atoms with E-state index in [1.807, 2.05) is 19.1 Å². The van der Waals surface area contributed by atoms with Crippen LogP contribution in [0.2, 0.25) is 0 Å². The van der Waals surface area contributed by atoms with Crippen LogP contribution in [0.4, 0.5) is 4.39 Å². The van der Waals surface area contributed by atoms with Crippen LogP contribution in [0, 0.1) is 5.82 Å². The molecule has 2 heterocycles. The lowest BCUT2D eigenvalue weighted by molar-refractivity contribution is -0.134. The van der Waals surface area contributed by atoms with Crippen molar-refractivity contribution in [1.82, 2.24) is 15.1 Å². The topological polar surface area (TPSA) is 77.7 Å². The van der Waals surface area contributed by atoms with Gasteiger partial charge < -0.3 is 18.8 Å². The molecular weight excluding hydrogens is 401 g/mol. The van der Waals surface area contributed by atoms with Crippen LogP contribution in [0.3, 0.4) is 0 Å². The maximum Gasteiger partial charge on any atom is 0.260 e. The maximum atomic E-state index is 13.1. The average molecular weight is 425 g/mol. The first-order chi connectivity index (χ1) is 15.1. The number of aromatic nitrogens is 2.